The van der Waals surface area contributed by atoms with Crippen molar-refractivity contribution < 1.29 is 24.2 Å². The van der Waals surface area contributed by atoms with Crippen LogP contribution in [0.2, 0.25) is 0 Å². The van der Waals surface area contributed by atoms with Gasteiger partial charge in [-0.1, -0.05) is 0 Å². The molecule has 1 amide bonds. The van der Waals surface area contributed by atoms with E-state index in [0.29, 0.717) is 12.8 Å². The summed E-state index contributed by atoms with van der Waals surface area (Å²) in [7, 11) is 2.83. The molecule has 1 aliphatic carbocycles. The Labute approximate surface area is 105 Å². The number of carbonyl (C=O) groups excluding carboxylic acids is 2. The number of methoxy groups -OCH3 is 2. The lowest BCUT2D eigenvalue weighted by molar-refractivity contribution is -0.137. The van der Waals surface area contributed by atoms with Crippen molar-refractivity contribution in [3.8, 4) is 0 Å². The van der Waals surface area contributed by atoms with Crippen molar-refractivity contribution in [2.75, 3.05) is 14.2 Å². The highest BCUT2D eigenvalue weighted by Gasteiger charge is 2.49. The highest BCUT2D eigenvalue weighted by Crippen LogP contribution is 2.39. The van der Waals surface area contributed by atoms with E-state index < -0.39 is 17.4 Å². The van der Waals surface area contributed by atoms with Gasteiger partial charge in [0.05, 0.1) is 18.8 Å². The maximum absolute atomic E-state index is 11.7. The molecule has 6 heteroatoms. The fourth-order valence-electron chi connectivity index (χ4n) is 2.66. The lowest BCUT2D eigenvalue weighted by Gasteiger charge is -2.36. The van der Waals surface area contributed by atoms with Crippen LogP contribution >= 0.6 is 0 Å². The minimum atomic E-state index is -0.810. The number of esters is 1. The largest absolute Gasteiger partial charge is 0.509 e. The van der Waals surface area contributed by atoms with Crippen LogP contribution in [0.25, 0.3) is 0 Å². The van der Waals surface area contributed by atoms with Gasteiger partial charge in [-0.2, -0.15) is 0 Å². The molecular weight excluding hydrogens is 238 g/mol. The molecule has 1 heterocycles. The van der Waals surface area contributed by atoms with Crippen LogP contribution in [0, 0.1) is 0 Å². The minimum Gasteiger partial charge on any atom is -0.509 e. The van der Waals surface area contributed by atoms with E-state index in [1.54, 1.807) is 7.11 Å². The van der Waals surface area contributed by atoms with Gasteiger partial charge in [-0.3, -0.25) is 4.79 Å². The molecule has 2 N–H and O–H groups in total. The second-order valence-corrected chi connectivity index (χ2v) is 4.69. The third-order valence-electron chi connectivity index (χ3n) is 3.78. The van der Waals surface area contributed by atoms with Gasteiger partial charge in [-0.05, 0) is 25.7 Å². The SMILES string of the molecule is COC(=O)C1=C(O)[C@]2(CC[C@H](OC)CC2)NC1=O. The predicted molar refractivity (Wildman–Crippen MR) is 61.8 cm³/mol. The summed E-state index contributed by atoms with van der Waals surface area (Å²) in [6.45, 7) is 0. The Morgan fingerprint density at radius 1 is 1.39 bits per heavy atom. The first-order valence-corrected chi connectivity index (χ1v) is 5.91. The molecule has 1 spiro atoms. The summed E-state index contributed by atoms with van der Waals surface area (Å²) in [5, 5.41) is 12.9. The van der Waals surface area contributed by atoms with Crippen LogP contribution in [0.1, 0.15) is 25.7 Å². The Hall–Kier alpha value is -1.56. The first kappa shape index (κ1) is 12.9. The molecule has 1 saturated carbocycles. The minimum absolute atomic E-state index is 0.141. The first-order valence-electron chi connectivity index (χ1n) is 5.91. The van der Waals surface area contributed by atoms with Crippen LogP contribution in [0.5, 0.6) is 0 Å². The van der Waals surface area contributed by atoms with Crippen molar-refractivity contribution in [2.45, 2.75) is 37.3 Å². The van der Waals surface area contributed by atoms with Crippen LogP contribution in [0.15, 0.2) is 11.3 Å². The molecule has 0 aromatic rings. The third kappa shape index (κ3) is 1.86. The molecule has 18 heavy (non-hydrogen) atoms. The van der Waals surface area contributed by atoms with Gasteiger partial charge in [0.15, 0.2) is 5.57 Å². The predicted octanol–water partition coefficient (Wildman–Crippen LogP) is 0.429. The molecule has 0 atom stereocenters. The summed E-state index contributed by atoms with van der Waals surface area (Å²) in [6.07, 6.45) is 2.72. The van der Waals surface area contributed by atoms with Gasteiger partial charge < -0.3 is 19.9 Å². The smallest absolute Gasteiger partial charge is 0.347 e. The van der Waals surface area contributed by atoms with Crippen LogP contribution in [0.3, 0.4) is 0 Å². The van der Waals surface area contributed by atoms with Crippen molar-refractivity contribution in [2.24, 2.45) is 0 Å². The second-order valence-electron chi connectivity index (χ2n) is 4.69. The average Bonchev–Trinajstić information content (AvgIpc) is 2.61. The second kappa shape index (κ2) is 4.61. The number of carbonyl (C=O) groups is 2. The molecule has 6 nitrogen and oxygen atoms in total. The molecule has 0 aromatic carbocycles. The van der Waals surface area contributed by atoms with Gasteiger partial charge >= 0.3 is 5.97 Å². The van der Waals surface area contributed by atoms with Crippen molar-refractivity contribution in [1.82, 2.24) is 5.32 Å². The van der Waals surface area contributed by atoms with E-state index >= 15 is 0 Å². The number of nitrogens with one attached hydrogen (secondary N) is 1. The van der Waals surface area contributed by atoms with Crippen LogP contribution in [-0.4, -0.2) is 42.8 Å². The quantitative estimate of drug-likeness (QED) is 0.552. The van der Waals surface area contributed by atoms with Crippen LogP contribution in [0.4, 0.5) is 0 Å². The van der Waals surface area contributed by atoms with Gasteiger partial charge in [-0.25, -0.2) is 4.79 Å². The van der Waals surface area contributed by atoms with Crippen molar-refractivity contribution in [3.05, 3.63) is 11.3 Å². The lowest BCUT2D eigenvalue weighted by atomic mass is 9.79. The number of aliphatic hydroxyl groups is 1. The standard InChI is InChI=1S/C12H17NO5/c1-17-7-3-5-12(6-4-7)9(14)8(10(15)13-12)11(16)18-2/h7,14H,3-6H2,1-2H3,(H,13,15)/t7-,12+. The maximum Gasteiger partial charge on any atom is 0.347 e. The maximum atomic E-state index is 11.7. The number of rotatable bonds is 2. The molecule has 0 aromatic heterocycles. The Kier molecular flexibility index (Phi) is 3.30. The monoisotopic (exact) mass is 255 g/mol. The van der Waals surface area contributed by atoms with E-state index in [2.05, 4.69) is 10.1 Å². The van der Waals surface area contributed by atoms with E-state index in [1.165, 1.54) is 7.11 Å². The summed E-state index contributed by atoms with van der Waals surface area (Å²) < 4.78 is 9.76. The summed E-state index contributed by atoms with van der Waals surface area (Å²) in [5.74, 6) is -1.54. The van der Waals surface area contributed by atoms with Crippen molar-refractivity contribution in [1.29, 1.82) is 0 Å². The number of hydrogen-bond donors (Lipinski definition) is 2. The molecule has 1 fully saturated rings. The Bertz CT molecular complexity index is 407. The molecular formula is C12H17NO5. The Morgan fingerprint density at radius 2 is 2.00 bits per heavy atom. The molecule has 100 valence electrons. The zero-order chi connectivity index (χ0) is 13.3. The third-order valence-corrected chi connectivity index (χ3v) is 3.78. The highest BCUT2D eigenvalue weighted by atomic mass is 16.5. The van der Waals surface area contributed by atoms with E-state index in [4.69, 9.17) is 4.74 Å². The first-order chi connectivity index (χ1) is 8.54. The van der Waals surface area contributed by atoms with Gasteiger partial charge in [0.1, 0.15) is 5.76 Å². The van der Waals surface area contributed by atoms with Crippen LogP contribution in [-0.2, 0) is 19.1 Å². The molecule has 2 aliphatic rings. The lowest BCUT2D eigenvalue weighted by Crippen LogP contribution is -2.48. The normalized spacial score (nSPS) is 31.7. The van der Waals surface area contributed by atoms with Gasteiger partial charge in [0.25, 0.3) is 5.91 Å². The molecule has 0 unspecified atom stereocenters. The molecule has 2 rings (SSSR count). The number of aliphatic hydroxyl groups excluding tert-OH is 1. The number of ether oxygens (including phenoxy) is 2. The summed E-state index contributed by atoms with van der Waals surface area (Å²) in [5.41, 5.74) is -1.08. The van der Waals surface area contributed by atoms with Gasteiger partial charge in [0.2, 0.25) is 0 Å². The van der Waals surface area contributed by atoms with E-state index in [-0.39, 0.29) is 17.4 Å². The summed E-state index contributed by atoms with van der Waals surface area (Å²) >= 11 is 0. The van der Waals surface area contributed by atoms with Crippen LogP contribution < -0.4 is 5.32 Å². The van der Waals surface area contributed by atoms with Crippen molar-refractivity contribution in [3.63, 3.8) is 0 Å². The Morgan fingerprint density at radius 3 is 2.50 bits per heavy atom. The molecule has 0 bridgehead atoms. The number of hydrogen-bond acceptors (Lipinski definition) is 5. The van der Waals surface area contributed by atoms with Crippen molar-refractivity contribution >= 4 is 11.9 Å². The van der Waals surface area contributed by atoms with E-state index in [1.807, 2.05) is 0 Å². The molecule has 0 radical (unpaired) electrons. The Balaban J connectivity index is 2.24. The highest BCUT2D eigenvalue weighted by molar-refractivity contribution is 6.19. The fourth-order valence-corrected chi connectivity index (χ4v) is 2.66. The summed E-state index contributed by atoms with van der Waals surface area (Å²) in [6, 6.07) is 0. The van der Waals surface area contributed by atoms with Gasteiger partial charge in [0, 0.05) is 7.11 Å². The number of amides is 1. The molecule has 0 saturated heterocycles. The topological polar surface area (TPSA) is 84.9 Å². The fraction of sp³-hybridized carbons (Fsp3) is 0.667. The molecule has 1 aliphatic heterocycles. The summed E-state index contributed by atoms with van der Waals surface area (Å²) in [4.78, 5) is 23.2. The van der Waals surface area contributed by atoms with Gasteiger partial charge in [-0.15, -0.1) is 0 Å². The zero-order valence-electron chi connectivity index (χ0n) is 10.5. The zero-order valence-corrected chi connectivity index (χ0v) is 10.5. The van der Waals surface area contributed by atoms with E-state index in [0.717, 1.165) is 12.8 Å². The van der Waals surface area contributed by atoms with E-state index in [9.17, 15) is 14.7 Å². The average molecular weight is 255 g/mol.